The number of carbonyl (C=O) groups is 2. The molecule has 1 atom stereocenters. The zero-order chi connectivity index (χ0) is 18.5. The molecule has 0 aliphatic heterocycles. The molecule has 0 spiro atoms. The van der Waals surface area contributed by atoms with Crippen LogP contribution in [0.5, 0.6) is 0 Å². The number of ether oxygens (including phenoxy) is 2. The Kier molecular flexibility index (Phi) is 7.29. The van der Waals surface area contributed by atoms with Gasteiger partial charge in [0.1, 0.15) is 0 Å². The average molecular weight is 356 g/mol. The molecule has 0 aliphatic carbocycles. The van der Waals surface area contributed by atoms with Crippen LogP contribution in [0.4, 0.5) is 30.7 Å². The molecule has 0 aromatic rings. The van der Waals surface area contributed by atoms with Crippen LogP contribution in [0.2, 0.25) is 0 Å². The number of rotatable bonds is 8. The van der Waals surface area contributed by atoms with Gasteiger partial charge in [0, 0.05) is 0 Å². The molecule has 11 heteroatoms. The number of alkyl halides is 7. The van der Waals surface area contributed by atoms with Gasteiger partial charge in [-0.05, 0) is 12.8 Å². The Balaban J connectivity index is 5.04. The molecular weight excluding hydrogens is 341 g/mol. The Morgan fingerprint density at radius 1 is 1.00 bits per heavy atom. The minimum Gasteiger partial charge on any atom is -0.463 e. The third kappa shape index (κ3) is 4.96. The number of hydrogen-bond donors (Lipinski definition) is 0. The van der Waals surface area contributed by atoms with Gasteiger partial charge in [0.15, 0.2) is 6.10 Å². The molecule has 0 saturated heterocycles. The lowest BCUT2D eigenvalue weighted by molar-refractivity contribution is -0.348. The number of halogens is 7. The first-order valence-corrected chi connectivity index (χ1v) is 6.52. The van der Waals surface area contributed by atoms with Crippen LogP contribution in [0.15, 0.2) is 0 Å². The first kappa shape index (κ1) is 21.4. The summed E-state index contributed by atoms with van der Waals surface area (Å²) in [5, 5.41) is 0. The number of unbranched alkanes of at least 4 members (excludes halogenated alkanes) is 1. The maximum atomic E-state index is 13.1. The van der Waals surface area contributed by atoms with Gasteiger partial charge in [-0.15, -0.1) is 0 Å². The summed E-state index contributed by atoms with van der Waals surface area (Å²) >= 11 is 0. The van der Waals surface area contributed by atoms with Crippen molar-refractivity contribution in [3.8, 4) is 0 Å². The third-order valence-electron chi connectivity index (χ3n) is 2.63. The van der Waals surface area contributed by atoms with E-state index in [9.17, 15) is 40.3 Å². The fourth-order valence-electron chi connectivity index (χ4n) is 1.22. The molecule has 4 nitrogen and oxygen atoms in total. The monoisotopic (exact) mass is 356 g/mol. The second-order valence-electron chi connectivity index (χ2n) is 4.47. The Hall–Kier alpha value is -1.55. The highest BCUT2D eigenvalue weighted by Gasteiger charge is 2.77. The van der Waals surface area contributed by atoms with Crippen molar-refractivity contribution in [1.29, 1.82) is 0 Å². The van der Waals surface area contributed by atoms with E-state index < -0.39 is 42.5 Å². The first-order chi connectivity index (χ1) is 10.3. The topological polar surface area (TPSA) is 52.6 Å². The summed E-state index contributed by atoms with van der Waals surface area (Å²) in [4.78, 5) is 22.4. The minimum atomic E-state index is -6.67. The van der Waals surface area contributed by atoms with Gasteiger partial charge in [0.2, 0.25) is 0 Å². The van der Waals surface area contributed by atoms with Gasteiger partial charge in [-0.3, -0.25) is 0 Å². The quantitative estimate of drug-likeness (QED) is 0.380. The Morgan fingerprint density at radius 2 is 1.52 bits per heavy atom. The summed E-state index contributed by atoms with van der Waals surface area (Å²) in [5.41, 5.74) is 0. The number of carbonyl (C=O) groups excluding carboxylic acids is 2. The molecule has 23 heavy (non-hydrogen) atoms. The van der Waals surface area contributed by atoms with E-state index in [0.29, 0.717) is 12.8 Å². The fraction of sp³-hybridized carbons (Fsp3) is 0.833. The van der Waals surface area contributed by atoms with Crippen LogP contribution in [0.1, 0.15) is 33.1 Å². The largest absolute Gasteiger partial charge is 0.463 e. The van der Waals surface area contributed by atoms with E-state index in [4.69, 9.17) is 0 Å². The summed E-state index contributed by atoms with van der Waals surface area (Å²) in [5.74, 6) is -17.3. The highest BCUT2D eigenvalue weighted by molar-refractivity contribution is 5.83. The van der Waals surface area contributed by atoms with Gasteiger partial charge in [-0.2, -0.15) is 30.7 Å². The summed E-state index contributed by atoms with van der Waals surface area (Å²) < 4.78 is 95.6. The van der Waals surface area contributed by atoms with Gasteiger partial charge >= 0.3 is 30.0 Å². The van der Waals surface area contributed by atoms with Crippen molar-refractivity contribution in [3.63, 3.8) is 0 Å². The molecule has 0 bridgehead atoms. The standard InChI is InChI=1S/C12H15F7O4/c1-3-5-6-22-8(20)7(4-2)23-9(21)10(13,14)11(15,16)12(17,18)19/h7H,3-6H2,1-2H3. The van der Waals surface area contributed by atoms with Crippen LogP contribution >= 0.6 is 0 Å². The molecule has 0 radical (unpaired) electrons. The molecule has 0 fully saturated rings. The van der Waals surface area contributed by atoms with Crippen LogP contribution in [0, 0.1) is 0 Å². The summed E-state index contributed by atoms with van der Waals surface area (Å²) in [6.07, 6.45) is -8.10. The molecule has 0 aromatic heterocycles. The smallest absolute Gasteiger partial charge is 0.460 e. The van der Waals surface area contributed by atoms with Crippen molar-refractivity contribution < 1.29 is 49.8 Å². The normalized spacial score (nSPS) is 14.3. The second-order valence-corrected chi connectivity index (χ2v) is 4.47. The molecule has 0 aromatic carbocycles. The van der Waals surface area contributed by atoms with E-state index in [1.807, 2.05) is 0 Å². The van der Waals surface area contributed by atoms with E-state index in [0.717, 1.165) is 0 Å². The summed E-state index contributed by atoms with van der Waals surface area (Å²) in [6, 6.07) is 0. The number of hydrogen-bond acceptors (Lipinski definition) is 4. The summed E-state index contributed by atoms with van der Waals surface area (Å²) in [7, 11) is 0. The van der Waals surface area contributed by atoms with E-state index in [1.165, 1.54) is 6.92 Å². The fourth-order valence-corrected chi connectivity index (χ4v) is 1.22. The summed E-state index contributed by atoms with van der Waals surface area (Å²) in [6.45, 7) is 2.77. The van der Waals surface area contributed by atoms with Crippen LogP contribution in [0.25, 0.3) is 0 Å². The third-order valence-corrected chi connectivity index (χ3v) is 2.63. The Bertz CT molecular complexity index is 420. The van der Waals surface area contributed by atoms with Crippen molar-refractivity contribution in [3.05, 3.63) is 0 Å². The van der Waals surface area contributed by atoms with E-state index >= 15 is 0 Å². The van der Waals surface area contributed by atoms with Gasteiger partial charge in [0.05, 0.1) is 6.61 Å². The predicted octanol–water partition coefficient (Wildman–Crippen LogP) is 3.48. The van der Waals surface area contributed by atoms with Gasteiger partial charge in [-0.25, -0.2) is 9.59 Å². The van der Waals surface area contributed by atoms with Crippen LogP contribution < -0.4 is 0 Å². The first-order valence-electron chi connectivity index (χ1n) is 6.52. The SMILES string of the molecule is CCCCOC(=O)C(CC)OC(=O)C(F)(F)C(F)(F)C(F)(F)F. The molecule has 0 aliphatic rings. The van der Waals surface area contributed by atoms with Crippen molar-refractivity contribution in [2.45, 2.75) is 57.2 Å². The van der Waals surface area contributed by atoms with Gasteiger partial charge < -0.3 is 9.47 Å². The van der Waals surface area contributed by atoms with Crippen molar-refractivity contribution in [1.82, 2.24) is 0 Å². The van der Waals surface area contributed by atoms with Crippen LogP contribution in [0.3, 0.4) is 0 Å². The van der Waals surface area contributed by atoms with Crippen LogP contribution in [-0.2, 0) is 19.1 Å². The van der Waals surface area contributed by atoms with E-state index in [2.05, 4.69) is 9.47 Å². The second kappa shape index (κ2) is 7.82. The molecule has 136 valence electrons. The zero-order valence-electron chi connectivity index (χ0n) is 12.2. The highest BCUT2D eigenvalue weighted by atomic mass is 19.4. The highest BCUT2D eigenvalue weighted by Crippen LogP contribution is 2.47. The molecule has 1 unspecified atom stereocenters. The lowest BCUT2D eigenvalue weighted by atomic mass is 10.1. The molecular formula is C12H15F7O4. The average Bonchev–Trinajstić information content (AvgIpc) is 2.42. The zero-order valence-corrected chi connectivity index (χ0v) is 12.2. The van der Waals surface area contributed by atoms with E-state index in [1.54, 1.807) is 6.92 Å². The van der Waals surface area contributed by atoms with Crippen molar-refractivity contribution >= 4 is 11.9 Å². The van der Waals surface area contributed by atoms with Crippen LogP contribution in [-0.4, -0.2) is 42.7 Å². The molecule has 0 rings (SSSR count). The maximum absolute atomic E-state index is 13.1. The minimum absolute atomic E-state index is 0.140. The van der Waals surface area contributed by atoms with Gasteiger partial charge in [0.25, 0.3) is 0 Å². The molecule has 0 saturated carbocycles. The molecule has 0 N–H and O–H groups in total. The van der Waals surface area contributed by atoms with Crippen molar-refractivity contribution in [2.24, 2.45) is 0 Å². The van der Waals surface area contributed by atoms with E-state index in [-0.39, 0.29) is 6.61 Å². The lowest BCUT2D eigenvalue weighted by Crippen LogP contribution is -2.57. The van der Waals surface area contributed by atoms with Crippen molar-refractivity contribution in [2.75, 3.05) is 6.61 Å². The molecule has 0 amide bonds. The Labute approximate surface area is 126 Å². The van der Waals surface area contributed by atoms with Gasteiger partial charge in [-0.1, -0.05) is 20.3 Å². The maximum Gasteiger partial charge on any atom is 0.460 e. The lowest BCUT2D eigenvalue weighted by Gasteiger charge is -2.27. The Morgan fingerprint density at radius 3 is 1.91 bits per heavy atom. The number of esters is 2. The predicted molar refractivity (Wildman–Crippen MR) is 62.0 cm³/mol. The molecule has 0 heterocycles.